The number of amides is 1. The molecule has 0 saturated heterocycles. The molecule has 1 aromatic heterocycles. The Bertz CT molecular complexity index is 1200. The lowest BCUT2D eigenvalue weighted by Crippen LogP contribution is -2.31. The SMILES string of the molecule is CC(C)CNC(=O)COC(=O)c1c2c(nc3ccccc13)C(=Cc1ccc(O)cc1)CC2. The molecule has 164 valence electrons. The van der Waals surface area contributed by atoms with Crippen LogP contribution in [0.5, 0.6) is 5.75 Å². The Hall–Kier alpha value is -3.67. The summed E-state index contributed by atoms with van der Waals surface area (Å²) in [6, 6.07) is 14.4. The van der Waals surface area contributed by atoms with Crippen molar-refractivity contribution < 1.29 is 19.4 Å². The van der Waals surface area contributed by atoms with Gasteiger partial charge in [-0.2, -0.15) is 0 Å². The van der Waals surface area contributed by atoms with Crippen molar-refractivity contribution in [3.05, 3.63) is 70.9 Å². The van der Waals surface area contributed by atoms with Crippen LogP contribution >= 0.6 is 0 Å². The number of phenolic OH excluding ortho intramolecular Hbond substituents is 1. The van der Waals surface area contributed by atoms with Crippen LogP contribution in [0.15, 0.2) is 48.5 Å². The quantitative estimate of drug-likeness (QED) is 0.568. The zero-order chi connectivity index (χ0) is 22.7. The molecule has 1 aliphatic carbocycles. The number of phenols is 1. The minimum absolute atomic E-state index is 0.213. The van der Waals surface area contributed by atoms with E-state index in [2.05, 4.69) is 5.32 Å². The fraction of sp³-hybridized carbons (Fsp3) is 0.269. The standard InChI is InChI=1S/C26H26N2O4/c1-16(2)14-27-23(30)15-32-26(31)24-20-5-3-4-6-22(20)28-25-18(9-12-21(24)25)13-17-7-10-19(29)11-8-17/h3-8,10-11,13,16,29H,9,12,14-15H2,1-2H3,(H,27,30). The minimum Gasteiger partial charge on any atom is -0.508 e. The molecular weight excluding hydrogens is 404 g/mol. The molecule has 1 aliphatic rings. The number of aromatic nitrogens is 1. The zero-order valence-corrected chi connectivity index (χ0v) is 18.2. The lowest BCUT2D eigenvalue weighted by molar-refractivity contribution is -0.124. The summed E-state index contributed by atoms with van der Waals surface area (Å²) in [5.41, 5.74) is 4.80. The summed E-state index contributed by atoms with van der Waals surface area (Å²) < 4.78 is 5.40. The summed E-state index contributed by atoms with van der Waals surface area (Å²) >= 11 is 0. The molecule has 4 rings (SSSR count). The molecule has 2 N–H and O–H groups in total. The Balaban J connectivity index is 1.67. The predicted octanol–water partition coefficient (Wildman–Crippen LogP) is 4.36. The highest BCUT2D eigenvalue weighted by molar-refractivity contribution is 6.07. The average Bonchev–Trinajstić information content (AvgIpc) is 3.17. The molecule has 0 unspecified atom stereocenters. The number of fused-ring (bicyclic) bond motifs is 2. The second-order valence-electron chi connectivity index (χ2n) is 8.37. The van der Waals surface area contributed by atoms with Crippen LogP contribution in [0.4, 0.5) is 0 Å². The summed E-state index contributed by atoms with van der Waals surface area (Å²) in [7, 11) is 0. The first-order chi connectivity index (χ1) is 15.4. The summed E-state index contributed by atoms with van der Waals surface area (Å²) in [5, 5.41) is 13.0. The van der Waals surface area contributed by atoms with Crippen LogP contribution < -0.4 is 5.32 Å². The third kappa shape index (κ3) is 4.64. The lowest BCUT2D eigenvalue weighted by Gasteiger charge is -2.13. The highest BCUT2D eigenvalue weighted by Crippen LogP contribution is 2.37. The topological polar surface area (TPSA) is 88.5 Å². The van der Waals surface area contributed by atoms with Crippen molar-refractivity contribution >= 4 is 34.4 Å². The number of hydrogen-bond acceptors (Lipinski definition) is 5. The number of allylic oxidation sites excluding steroid dienone is 1. The van der Waals surface area contributed by atoms with Crippen LogP contribution in [0, 0.1) is 5.92 Å². The van der Waals surface area contributed by atoms with Crippen LogP contribution in [0.3, 0.4) is 0 Å². The van der Waals surface area contributed by atoms with E-state index in [1.807, 2.05) is 56.3 Å². The van der Waals surface area contributed by atoms with Crippen LogP contribution in [0.1, 0.15) is 47.4 Å². The van der Waals surface area contributed by atoms with Gasteiger partial charge in [0.25, 0.3) is 5.91 Å². The van der Waals surface area contributed by atoms with Gasteiger partial charge in [0, 0.05) is 11.9 Å². The molecule has 6 nitrogen and oxygen atoms in total. The van der Waals surface area contributed by atoms with Crippen molar-refractivity contribution in [1.82, 2.24) is 10.3 Å². The van der Waals surface area contributed by atoms with E-state index in [9.17, 15) is 14.7 Å². The molecule has 0 radical (unpaired) electrons. The third-order valence-corrected chi connectivity index (χ3v) is 5.42. The Morgan fingerprint density at radius 1 is 1.12 bits per heavy atom. The molecule has 0 saturated carbocycles. The lowest BCUT2D eigenvalue weighted by atomic mass is 10.0. The van der Waals surface area contributed by atoms with Crippen LogP contribution in [-0.2, 0) is 16.0 Å². The van der Waals surface area contributed by atoms with Crippen molar-refractivity contribution in [2.75, 3.05) is 13.2 Å². The molecule has 1 amide bonds. The molecular formula is C26H26N2O4. The first-order valence-electron chi connectivity index (χ1n) is 10.8. The Morgan fingerprint density at radius 3 is 2.62 bits per heavy atom. The fourth-order valence-corrected chi connectivity index (χ4v) is 3.86. The number of pyridine rings is 1. The number of hydrogen-bond donors (Lipinski definition) is 2. The van der Waals surface area contributed by atoms with Gasteiger partial charge in [-0.15, -0.1) is 0 Å². The van der Waals surface area contributed by atoms with E-state index in [0.29, 0.717) is 30.0 Å². The van der Waals surface area contributed by atoms with Crippen LogP contribution in [-0.4, -0.2) is 35.1 Å². The number of carbonyl (C=O) groups is 2. The zero-order valence-electron chi connectivity index (χ0n) is 18.2. The summed E-state index contributed by atoms with van der Waals surface area (Å²) in [6.45, 7) is 4.23. The molecule has 6 heteroatoms. The fourth-order valence-electron chi connectivity index (χ4n) is 3.86. The van der Waals surface area contributed by atoms with Gasteiger partial charge in [-0.1, -0.05) is 44.2 Å². The van der Waals surface area contributed by atoms with E-state index in [0.717, 1.165) is 34.2 Å². The van der Waals surface area contributed by atoms with Gasteiger partial charge in [0.15, 0.2) is 6.61 Å². The van der Waals surface area contributed by atoms with Gasteiger partial charge in [0.1, 0.15) is 5.75 Å². The number of benzene rings is 2. The number of carbonyl (C=O) groups excluding carboxylic acids is 2. The van der Waals surface area contributed by atoms with Crippen molar-refractivity contribution in [3.8, 4) is 5.75 Å². The average molecular weight is 431 g/mol. The molecule has 1 heterocycles. The number of nitrogens with one attached hydrogen (secondary N) is 1. The number of para-hydroxylation sites is 1. The molecule has 0 aliphatic heterocycles. The first-order valence-corrected chi connectivity index (χ1v) is 10.8. The van der Waals surface area contributed by atoms with Gasteiger partial charge < -0.3 is 15.2 Å². The summed E-state index contributed by atoms with van der Waals surface area (Å²) in [5.74, 6) is -0.285. The molecule has 2 aromatic carbocycles. The van der Waals surface area contributed by atoms with Gasteiger partial charge in [0.2, 0.25) is 0 Å². The number of rotatable bonds is 6. The highest BCUT2D eigenvalue weighted by Gasteiger charge is 2.27. The summed E-state index contributed by atoms with van der Waals surface area (Å²) in [4.78, 5) is 30.0. The van der Waals surface area contributed by atoms with Crippen molar-refractivity contribution in [2.24, 2.45) is 5.92 Å². The van der Waals surface area contributed by atoms with Gasteiger partial charge in [-0.05, 0) is 59.7 Å². The van der Waals surface area contributed by atoms with E-state index in [4.69, 9.17) is 9.72 Å². The maximum absolute atomic E-state index is 13.1. The Labute approximate surface area is 186 Å². The van der Waals surface area contributed by atoms with Gasteiger partial charge in [-0.25, -0.2) is 9.78 Å². The van der Waals surface area contributed by atoms with Gasteiger partial charge in [-0.3, -0.25) is 4.79 Å². The molecule has 32 heavy (non-hydrogen) atoms. The third-order valence-electron chi connectivity index (χ3n) is 5.42. The van der Waals surface area contributed by atoms with Crippen LogP contribution in [0.25, 0.3) is 22.6 Å². The molecule has 0 fully saturated rings. The van der Waals surface area contributed by atoms with E-state index < -0.39 is 5.97 Å². The second-order valence-corrected chi connectivity index (χ2v) is 8.37. The summed E-state index contributed by atoms with van der Waals surface area (Å²) in [6.07, 6.45) is 3.44. The van der Waals surface area contributed by atoms with E-state index in [1.165, 1.54) is 0 Å². The first kappa shape index (κ1) is 21.6. The van der Waals surface area contributed by atoms with Crippen LogP contribution in [0.2, 0.25) is 0 Å². The molecule has 0 atom stereocenters. The second kappa shape index (κ2) is 9.22. The Morgan fingerprint density at radius 2 is 1.88 bits per heavy atom. The Kier molecular flexibility index (Phi) is 6.21. The number of ether oxygens (including phenoxy) is 1. The number of aromatic hydroxyl groups is 1. The van der Waals surface area contributed by atoms with Crippen molar-refractivity contribution in [1.29, 1.82) is 0 Å². The largest absolute Gasteiger partial charge is 0.508 e. The molecule has 0 spiro atoms. The maximum Gasteiger partial charge on any atom is 0.339 e. The monoisotopic (exact) mass is 430 g/mol. The number of esters is 1. The normalized spacial score (nSPS) is 14.0. The molecule has 3 aromatic rings. The van der Waals surface area contributed by atoms with E-state index >= 15 is 0 Å². The smallest absolute Gasteiger partial charge is 0.339 e. The van der Waals surface area contributed by atoms with Crippen molar-refractivity contribution in [3.63, 3.8) is 0 Å². The van der Waals surface area contributed by atoms with Crippen molar-refractivity contribution in [2.45, 2.75) is 26.7 Å². The maximum atomic E-state index is 13.1. The van der Waals surface area contributed by atoms with E-state index in [-0.39, 0.29) is 18.3 Å². The van der Waals surface area contributed by atoms with Gasteiger partial charge in [0.05, 0.1) is 16.8 Å². The van der Waals surface area contributed by atoms with E-state index in [1.54, 1.807) is 12.1 Å². The molecule has 0 bridgehead atoms. The highest BCUT2D eigenvalue weighted by atomic mass is 16.5. The predicted molar refractivity (Wildman–Crippen MR) is 124 cm³/mol. The van der Waals surface area contributed by atoms with Gasteiger partial charge >= 0.3 is 5.97 Å². The number of nitrogens with zero attached hydrogens (tertiary/aromatic N) is 1. The minimum atomic E-state index is -0.509.